The molecule has 0 saturated heterocycles. The number of rotatable bonds is 5. The first kappa shape index (κ1) is 14.8. The zero-order valence-electron chi connectivity index (χ0n) is 12.7. The van der Waals surface area contributed by atoms with Gasteiger partial charge < -0.3 is 9.80 Å². The molecule has 1 aliphatic rings. The summed E-state index contributed by atoms with van der Waals surface area (Å²) >= 11 is 6.30. The second kappa shape index (κ2) is 5.43. The number of aryl methyl sites for hydroxylation is 2. The molecule has 1 aromatic rings. The predicted molar refractivity (Wildman–Crippen MR) is 79.6 cm³/mol. The van der Waals surface area contributed by atoms with Crippen molar-refractivity contribution >= 4 is 11.6 Å². The number of likely N-dealkylation sites (N-methyl/N-ethyl adjacent to an activating group) is 2. The van der Waals surface area contributed by atoms with Crippen molar-refractivity contribution in [1.82, 2.24) is 19.6 Å². The summed E-state index contributed by atoms with van der Waals surface area (Å²) in [5.41, 5.74) is 2.55. The van der Waals surface area contributed by atoms with E-state index in [0.29, 0.717) is 5.54 Å². The third-order valence-corrected chi connectivity index (χ3v) is 4.97. The smallest absolute Gasteiger partial charge is 0.131 e. The van der Waals surface area contributed by atoms with Gasteiger partial charge >= 0.3 is 0 Å². The Bertz CT molecular complexity index is 449. The summed E-state index contributed by atoms with van der Waals surface area (Å²) in [6.45, 7) is 3.98. The van der Waals surface area contributed by atoms with Crippen molar-refractivity contribution in [3.8, 4) is 0 Å². The molecule has 1 saturated carbocycles. The van der Waals surface area contributed by atoms with Gasteiger partial charge in [0.1, 0.15) is 5.15 Å². The van der Waals surface area contributed by atoms with Crippen molar-refractivity contribution in [2.24, 2.45) is 7.05 Å². The molecular weight excluding hydrogens is 260 g/mol. The summed E-state index contributed by atoms with van der Waals surface area (Å²) in [5.74, 6) is 0. The first-order chi connectivity index (χ1) is 8.85. The maximum Gasteiger partial charge on any atom is 0.131 e. The Morgan fingerprint density at radius 1 is 1.32 bits per heavy atom. The molecule has 19 heavy (non-hydrogen) atoms. The Kier molecular flexibility index (Phi) is 4.23. The first-order valence-corrected chi connectivity index (χ1v) is 7.27. The summed E-state index contributed by atoms with van der Waals surface area (Å²) in [5, 5.41) is 5.14. The molecule has 4 nitrogen and oxygen atoms in total. The lowest BCUT2D eigenvalue weighted by Crippen LogP contribution is -2.56. The molecule has 2 rings (SSSR count). The summed E-state index contributed by atoms with van der Waals surface area (Å²) in [4.78, 5) is 4.75. The van der Waals surface area contributed by atoms with Gasteiger partial charge in [-0.05, 0) is 47.3 Å². The lowest BCUT2D eigenvalue weighted by atomic mass is 9.75. The van der Waals surface area contributed by atoms with Crippen LogP contribution in [-0.4, -0.2) is 52.8 Å². The van der Waals surface area contributed by atoms with Crippen molar-refractivity contribution in [3.05, 3.63) is 16.4 Å². The highest BCUT2D eigenvalue weighted by Crippen LogP contribution is 2.37. The fraction of sp³-hybridized carbons (Fsp3) is 0.786. The molecule has 1 aliphatic carbocycles. The topological polar surface area (TPSA) is 24.3 Å². The number of nitrogens with zero attached hydrogens (tertiary/aromatic N) is 4. The second-order valence-corrected chi connectivity index (χ2v) is 6.48. The highest BCUT2D eigenvalue weighted by atomic mass is 35.5. The third kappa shape index (κ3) is 2.81. The van der Waals surface area contributed by atoms with E-state index in [1.165, 1.54) is 19.3 Å². The molecule has 1 aromatic heterocycles. The molecule has 0 aliphatic heterocycles. The van der Waals surface area contributed by atoms with Crippen LogP contribution in [-0.2, 0) is 13.6 Å². The van der Waals surface area contributed by atoms with Crippen LogP contribution in [0.15, 0.2) is 0 Å². The minimum Gasteiger partial charge on any atom is -0.302 e. The van der Waals surface area contributed by atoms with E-state index in [1.54, 1.807) is 4.68 Å². The Morgan fingerprint density at radius 2 is 1.95 bits per heavy atom. The lowest BCUT2D eigenvalue weighted by molar-refractivity contribution is 0.0258. The Labute approximate surface area is 121 Å². The van der Waals surface area contributed by atoms with Crippen LogP contribution >= 0.6 is 11.6 Å². The van der Waals surface area contributed by atoms with Crippen molar-refractivity contribution < 1.29 is 0 Å². The highest BCUT2D eigenvalue weighted by molar-refractivity contribution is 6.30. The Hall–Kier alpha value is -0.580. The van der Waals surface area contributed by atoms with E-state index in [4.69, 9.17) is 11.6 Å². The monoisotopic (exact) mass is 284 g/mol. The molecule has 0 N–H and O–H groups in total. The minimum atomic E-state index is 0.358. The van der Waals surface area contributed by atoms with Crippen molar-refractivity contribution in [2.75, 3.05) is 27.7 Å². The molecule has 1 fully saturated rings. The standard InChI is InChI=1S/C14H25ClN4/c1-11-12(13(15)19(5)16-11)9-18(4)10-14(17(2)3)7-6-8-14/h6-10H2,1-5H3. The molecule has 0 aromatic carbocycles. The number of hydrogen-bond acceptors (Lipinski definition) is 3. The number of hydrogen-bond donors (Lipinski definition) is 0. The zero-order valence-corrected chi connectivity index (χ0v) is 13.5. The van der Waals surface area contributed by atoms with E-state index in [2.05, 4.69) is 36.0 Å². The molecule has 0 bridgehead atoms. The molecule has 0 atom stereocenters. The van der Waals surface area contributed by atoms with Gasteiger partial charge in [0.25, 0.3) is 0 Å². The average molecular weight is 285 g/mol. The van der Waals surface area contributed by atoms with E-state index >= 15 is 0 Å². The number of aromatic nitrogens is 2. The zero-order chi connectivity index (χ0) is 14.2. The highest BCUT2D eigenvalue weighted by Gasteiger charge is 2.39. The fourth-order valence-corrected chi connectivity index (χ4v) is 3.25. The molecule has 0 spiro atoms. The number of halogens is 1. The second-order valence-electron chi connectivity index (χ2n) is 6.12. The van der Waals surface area contributed by atoms with Gasteiger partial charge in [-0.2, -0.15) is 5.10 Å². The van der Waals surface area contributed by atoms with Crippen LogP contribution < -0.4 is 0 Å². The van der Waals surface area contributed by atoms with Gasteiger partial charge in [0.05, 0.1) is 5.69 Å². The van der Waals surface area contributed by atoms with Gasteiger partial charge in [0.15, 0.2) is 0 Å². The Morgan fingerprint density at radius 3 is 2.32 bits per heavy atom. The van der Waals surface area contributed by atoms with E-state index in [0.717, 1.165) is 29.5 Å². The van der Waals surface area contributed by atoms with Gasteiger partial charge in [-0.15, -0.1) is 0 Å². The van der Waals surface area contributed by atoms with Crippen molar-refractivity contribution in [1.29, 1.82) is 0 Å². The Balaban J connectivity index is 2.03. The quantitative estimate of drug-likeness (QED) is 0.829. The fourth-order valence-electron chi connectivity index (χ4n) is 3.01. The van der Waals surface area contributed by atoms with Crippen LogP contribution in [0.4, 0.5) is 0 Å². The van der Waals surface area contributed by atoms with Gasteiger partial charge in [0, 0.05) is 31.2 Å². The van der Waals surface area contributed by atoms with Crippen LogP contribution in [0.25, 0.3) is 0 Å². The van der Waals surface area contributed by atoms with Gasteiger partial charge in [-0.25, -0.2) is 0 Å². The molecular formula is C14H25ClN4. The van der Waals surface area contributed by atoms with Crippen LogP contribution in [0.1, 0.15) is 30.5 Å². The van der Waals surface area contributed by atoms with Crippen LogP contribution in [0, 0.1) is 6.92 Å². The summed E-state index contributed by atoms with van der Waals surface area (Å²) in [6, 6.07) is 0. The third-order valence-electron chi connectivity index (χ3n) is 4.50. The van der Waals surface area contributed by atoms with E-state index in [1.807, 2.05) is 14.0 Å². The van der Waals surface area contributed by atoms with Crippen LogP contribution in [0.2, 0.25) is 5.15 Å². The van der Waals surface area contributed by atoms with Crippen molar-refractivity contribution in [3.63, 3.8) is 0 Å². The van der Waals surface area contributed by atoms with Crippen molar-refractivity contribution in [2.45, 2.75) is 38.3 Å². The summed E-state index contributed by atoms with van der Waals surface area (Å²) in [6.07, 6.45) is 3.94. The minimum absolute atomic E-state index is 0.358. The summed E-state index contributed by atoms with van der Waals surface area (Å²) < 4.78 is 1.76. The lowest BCUT2D eigenvalue weighted by Gasteiger charge is -2.49. The first-order valence-electron chi connectivity index (χ1n) is 6.90. The molecule has 0 unspecified atom stereocenters. The predicted octanol–water partition coefficient (Wildman–Crippen LogP) is 2.30. The average Bonchev–Trinajstić information content (AvgIpc) is 2.50. The van der Waals surface area contributed by atoms with E-state index < -0.39 is 0 Å². The normalized spacial score (nSPS) is 18.1. The summed E-state index contributed by atoms with van der Waals surface area (Å²) in [7, 11) is 8.45. The van der Waals surface area contributed by atoms with E-state index in [9.17, 15) is 0 Å². The molecule has 0 amide bonds. The van der Waals surface area contributed by atoms with Crippen LogP contribution in [0.3, 0.4) is 0 Å². The van der Waals surface area contributed by atoms with E-state index in [-0.39, 0.29) is 0 Å². The molecule has 5 heteroatoms. The largest absolute Gasteiger partial charge is 0.302 e. The molecule has 1 heterocycles. The van der Waals surface area contributed by atoms with Gasteiger partial charge in [-0.3, -0.25) is 4.68 Å². The SMILES string of the molecule is Cc1nn(C)c(Cl)c1CN(C)CC1(N(C)C)CCC1. The molecule has 0 radical (unpaired) electrons. The maximum absolute atomic E-state index is 6.30. The maximum atomic E-state index is 6.30. The van der Waals surface area contributed by atoms with Crippen LogP contribution in [0.5, 0.6) is 0 Å². The van der Waals surface area contributed by atoms with Gasteiger partial charge in [0.2, 0.25) is 0 Å². The molecule has 108 valence electrons. The van der Waals surface area contributed by atoms with Gasteiger partial charge in [-0.1, -0.05) is 11.6 Å².